The smallest absolute Gasteiger partial charge is 0.156 e. The molecular weight excluding hydrogens is 344 g/mol. The van der Waals surface area contributed by atoms with E-state index >= 15 is 0 Å². The van der Waals surface area contributed by atoms with Crippen molar-refractivity contribution in [3.8, 4) is 0 Å². The summed E-state index contributed by atoms with van der Waals surface area (Å²) in [6, 6.07) is 0. The van der Waals surface area contributed by atoms with Crippen molar-refractivity contribution in [1.29, 1.82) is 0 Å². The fourth-order valence-corrected chi connectivity index (χ4v) is 7.03. The van der Waals surface area contributed by atoms with E-state index in [1.165, 1.54) is 0 Å². The number of fused-ring (bicyclic) bond motifs is 5. The Hall–Kier alpha value is -1.01. The molecule has 9 atom stereocenters. The second-order valence-electron chi connectivity index (χ2n) is 10.1. The average molecular weight is 374 g/mol. The van der Waals surface area contributed by atoms with Crippen LogP contribution in [0, 0.1) is 34.5 Å². The lowest BCUT2D eigenvalue weighted by atomic mass is 9.59. The zero-order chi connectivity index (χ0) is 19.5. The molecule has 5 aliphatic rings. The van der Waals surface area contributed by atoms with Crippen LogP contribution in [0.3, 0.4) is 0 Å². The van der Waals surface area contributed by atoms with Gasteiger partial charge < -0.3 is 19.7 Å². The van der Waals surface area contributed by atoms with Crippen LogP contribution in [-0.2, 0) is 14.3 Å². The molecule has 2 bridgehead atoms. The van der Waals surface area contributed by atoms with Crippen LogP contribution in [0.5, 0.6) is 0 Å². The normalized spacial score (nSPS) is 55.4. The van der Waals surface area contributed by atoms with Crippen LogP contribution in [-0.4, -0.2) is 46.7 Å². The van der Waals surface area contributed by atoms with Gasteiger partial charge in [0.1, 0.15) is 17.8 Å². The Morgan fingerprint density at radius 1 is 1.26 bits per heavy atom. The van der Waals surface area contributed by atoms with Crippen LogP contribution < -0.4 is 0 Å². The van der Waals surface area contributed by atoms with E-state index in [0.717, 1.165) is 12.0 Å². The molecule has 1 spiro atoms. The van der Waals surface area contributed by atoms with Gasteiger partial charge in [0.15, 0.2) is 12.1 Å². The van der Waals surface area contributed by atoms with Gasteiger partial charge in [-0.2, -0.15) is 0 Å². The quantitative estimate of drug-likeness (QED) is 0.636. The number of ketones is 1. The molecule has 3 fully saturated rings. The number of carbonyl (C=O) groups excluding carboxylic acids is 1. The maximum atomic E-state index is 14.1. The highest BCUT2D eigenvalue weighted by atomic mass is 16.7. The molecule has 1 unspecified atom stereocenters. The molecular formula is C22H30O5. The maximum Gasteiger partial charge on any atom is 0.156 e. The van der Waals surface area contributed by atoms with Crippen molar-refractivity contribution < 1.29 is 24.5 Å². The molecule has 1 saturated heterocycles. The Balaban J connectivity index is 1.77. The first-order valence-electron chi connectivity index (χ1n) is 10.2. The molecule has 148 valence electrons. The molecule has 2 N–H and O–H groups in total. The summed E-state index contributed by atoms with van der Waals surface area (Å²) < 4.78 is 11.7. The number of ether oxygens (including phenoxy) is 2. The second-order valence-corrected chi connectivity index (χ2v) is 10.1. The summed E-state index contributed by atoms with van der Waals surface area (Å²) in [6.07, 6.45) is 2.41. The van der Waals surface area contributed by atoms with Gasteiger partial charge in [0.05, 0.1) is 12.0 Å². The molecule has 0 aromatic heterocycles. The third-order valence-corrected chi connectivity index (χ3v) is 8.53. The van der Waals surface area contributed by atoms with Crippen molar-refractivity contribution in [2.45, 2.75) is 65.1 Å². The zero-order valence-corrected chi connectivity index (χ0v) is 16.7. The fourth-order valence-electron chi connectivity index (χ4n) is 7.03. The van der Waals surface area contributed by atoms with Crippen molar-refractivity contribution in [3.05, 3.63) is 23.3 Å². The minimum atomic E-state index is -1.69. The maximum absolute atomic E-state index is 14.1. The summed E-state index contributed by atoms with van der Waals surface area (Å²) in [5.74, 6) is 0.430. The number of aliphatic hydroxyl groups excluding tert-OH is 1. The molecule has 27 heavy (non-hydrogen) atoms. The van der Waals surface area contributed by atoms with E-state index in [0.29, 0.717) is 18.1 Å². The molecule has 1 aliphatic heterocycles. The lowest BCUT2D eigenvalue weighted by Crippen LogP contribution is -2.66. The van der Waals surface area contributed by atoms with Gasteiger partial charge in [-0.05, 0) is 54.6 Å². The van der Waals surface area contributed by atoms with Crippen molar-refractivity contribution >= 4 is 5.78 Å². The van der Waals surface area contributed by atoms with Gasteiger partial charge in [-0.15, -0.1) is 0 Å². The lowest BCUT2D eigenvalue weighted by Gasteiger charge is -2.51. The number of allylic oxidation sites excluding steroid dienone is 1. The van der Waals surface area contributed by atoms with Gasteiger partial charge in [0, 0.05) is 5.92 Å². The highest BCUT2D eigenvalue weighted by Crippen LogP contribution is 2.71. The summed E-state index contributed by atoms with van der Waals surface area (Å²) in [4.78, 5) is 14.1. The van der Waals surface area contributed by atoms with Crippen molar-refractivity contribution in [3.63, 3.8) is 0 Å². The van der Waals surface area contributed by atoms with Gasteiger partial charge in [-0.1, -0.05) is 32.9 Å². The molecule has 2 saturated carbocycles. The number of hydrogen-bond donors (Lipinski definition) is 2. The molecule has 0 amide bonds. The van der Waals surface area contributed by atoms with Crippen LogP contribution in [0.25, 0.3) is 0 Å². The molecule has 5 nitrogen and oxygen atoms in total. The Morgan fingerprint density at radius 3 is 2.67 bits per heavy atom. The Labute approximate surface area is 160 Å². The van der Waals surface area contributed by atoms with Crippen molar-refractivity contribution in [2.24, 2.45) is 34.5 Å². The van der Waals surface area contributed by atoms with Gasteiger partial charge in [-0.25, -0.2) is 0 Å². The van der Waals surface area contributed by atoms with E-state index < -0.39 is 29.5 Å². The van der Waals surface area contributed by atoms with Crippen LogP contribution in [0.4, 0.5) is 0 Å². The Bertz CT molecular complexity index is 782. The van der Waals surface area contributed by atoms with E-state index in [2.05, 4.69) is 20.8 Å². The number of Topliss-reactive ketones (excluding diaryl/α,β-unsaturated/α-hetero) is 1. The number of rotatable bonds is 0. The average Bonchev–Trinajstić information content (AvgIpc) is 3.11. The van der Waals surface area contributed by atoms with Crippen molar-refractivity contribution in [2.75, 3.05) is 6.61 Å². The minimum Gasteiger partial charge on any atom is -0.386 e. The van der Waals surface area contributed by atoms with E-state index in [1.54, 1.807) is 6.92 Å². The first-order chi connectivity index (χ1) is 12.6. The SMILES string of the molecule is CC1=C[C@]23C(=O)[C@@H](C=C4COC(C)O[C@H]4[C@]2(O)[C@H]1O)[C@H]1[C@@H](C[C@H]3C)C1(C)C. The van der Waals surface area contributed by atoms with E-state index in [4.69, 9.17) is 9.47 Å². The Morgan fingerprint density at radius 2 is 1.96 bits per heavy atom. The molecule has 4 aliphatic carbocycles. The summed E-state index contributed by atoms with van der Waals surface area (Å²) in [5.41, 5.74) is -1.23. The van der Waals surface area contributed by atoms with Crippen LogP contribution in [0.1, 0.15) is 41.0 Å². The molecule has 5 heteroatoms. The first-order valence-corrected chi connectivity index (χ1v) is 10.2. The summed E-state index contributed by atoms with van der Waals surface area (Å²) in [7, 11) is 0. The van der Waals surface area contributed by atoms with Gasteiger partial charge in [0.25, 0.3) is 0 Å². The largest absolute Gasteiger partial charge is 0.386 e. The monoisotopic (exact) mass is 374 g/mol. The lowest BCUT2D eigenvalue weighted by molar-refractivity contribution is -0.259. The molecule has 1 heterocycles. The summed E-state index contributed by atoms with van der Waals surface area (Å²) >= 11 is 0. The molecule has 0 aromatic rings. The first kappa shape index (κ1) is 18.0. The number of hydrogen-bond acceptors (Lipinski definition) is 5. The van der Waals surface area contributed by atoms with E-state index in [9.17, 15) is 15.0 Å². The van der Waals surface area contributed by atoms with Gasteiger partial charge >= 0.3 is 0 Å². The predicted octanol–water partition coefficient (Wildman–Crippen LogP) is 2.22. The number of carbonyl (C=O) groups is 1. The molecule has 5 rings (SSSR count). The topological polar surface area (TPSA) is 76.0 Å². The highest BCUT2D eigenvalue weighted by molar-refractivity contribution is 5.95. The standard InChI is InChI=1S/C22H30O5/c1-10-8-21-11(2)6-15-16(20(15,4)5)14(18(21)24)7-13-9-26-12(3)27-19(13)22(21,25)17(10)23/h7-8,11-12,14-17,19,23,25H,6,9H2,1-5H3/t11-,12?,14+,15-,16+,17+,19-,21+,22-/m1/s1. The van der Waals surface area contributed by atoms with E-state index in [-0.39, 0.29) is 29.0 Å². The number of aliphatic hydroxyl groups is 2. The molecule has 0 radical (unpaired) electrons. The van der Waals surface area contributed by atoms with Gasteiger partial charge in [0.2, 0.25) is 0 Å². The van der Waals surface area contributed by atoms with Gasteiger partial charge in [-0.3, -0.25) is 4.79 Å². The van der Waals surface area contributed by atoms with Crippen LogP contribution in [0.2, 0.25) is 0 Å². The second kappa shape index (κ2) is 5.12. The predicted molar refractivity (Wildman–Crippen MR) is 98.6 cm³/mol. The third kappa shape index (κ3) is 1.87. The van der Waals surface area contributed by atoms with Crippen LogP contribution >= 0.6 is 0 Å². The third-order valence-electron chi connectivity index (χ3n) is 8.53. The zero-order valence-electron chi connectivity index (χ0n) is 16.7. The Kier molecular flexibility index (Phi) is 3.42. The van der Waals surface area contributed by atoms with Crippen molar-refractivity contribution in [1.82, 2.24) is 0 Å². The minimum absolute atomic E-state index is 0.0460. The fraction of sp³-hybridized carbons (Fsp3) is 0.773. The van der Waals surface area contributed by atoms with Crippen LogP contribution in [0.15, 0.2) is 23.3 Å². The summed E-state index contributed by atoms with van der Waals surface area (Å²) in [5, 5.41) is 23.2. The summed E-state index contributed by atoms with van der Waals surface area (Å²) in [6.45, 7) is 10.5. The highest BCUT2D eigenvalue weighted by Gasteiger charge is 2.76. The van der Waals surface area contributed by atoms with E-state index in [1.807, 2.05) is 19.1 Å². The molecule has 0 aromatic carbocycles.